The van der Waals surface area contributed by atoms with Crippen molar-refractivity contribution in [2.24, 2.45) is 5.92 Å². The molecule has 2 aromatic carbocycles. The summed E-state index contributed by atoms with van der Waals surface area (Å²) in [4.78, 5) is 4.90. The van der Waals surface area contributed by atoms with Crippen molar-refractivity contribution in [3.05, 3.63) is 70.9 Å². The van der Waals surface area contributed by atoms with Gasteiger partial charge in [0.15, 0.2) is 11.5 Å². The standard InChI is InChI=1S/C28H36ClN3O3/c1-20(23-10-13-32(18-23)17-21-4-7-24(29)8-5-21)30-25(19-31-11-2-3-12-31)28(33)22-6-9-26-27(16-22)35-15-14-34-26/h4-9,16,23,25,28,30,33H,1-3,10-15,17-19H2/t23?,25-,28-/m1/s1. The molecule has 2 N–H and O–H groups in total. The maximum absolute atomic E-state index is 11.5. The molecule has 0 radical (unpaired) electrons. The maximum atomic E-state index is 11.5. The highest BCUT2D eigenvalue weighted by Gasteiger charge is 2.30. The zero-order valence-electron chi connectivity index (χ0n) is 20.3. The zero-order chi connectivity index (χ0) is 24.2. The summed E-state index contributed by atoms with van der Waals surface area (Å²) >= 11 is 6.04. The Balaban J connectivity index is 1.24. The summed E-state index contributed by atoms with van der Waals surface area (Å²) < 4.78 is 11.4. The second-order valence-electron chi connectivity index (χ2n) is 9.98. The van der Waals surface area contributed by atoms with Crippen LogP contribution in [0.3, 0.4) is 0 Å². The van der Waals surface area contributed by atoms with E-state index in [2.05, 4.69) is 33.8 Å². The number of benzene rings is 2. The minimum Gasteiger partial charge on any atom is -0.486 e. The first-order valence-electron chi connectivity index (χ1n) is 12.8. The number of nitrogens with one attached hydrogen (secondary N) is 1. The molecule has 1 unspecified atom stereocenters. The van der Waals surface area contributed by atoms with E-state index in [1.54, 1.807) is 0 Å². The lowest BCUT2D eigenvalue weighted by Gasteiger charge is -2.32. The van der Waals surface area contributed by atoms with Gasteiger partial charge in [-0.3, -0.25) is 4.90 Å². The van der Waals surface area contributed by atoms with E-state index in [9.17, 15) is 5.11 Å². The van der Waals surface area contributed by atoms with Crippen LogP contribution < -0.4 is 14.8 Å². The number of fused-ring (bicyclic) bond motifs is 1. The summed E-state index contributed by atoms with van der Waals surface area (Å²) in [5.74, 6) is 1.81. The number of likely N-dealkylation sites (tertiary alicyclic amines) is 2. The number of ether oxygens (including phenoxy) is 2. The molecule has 2 saturated heterocycles. The smallest absolute Gasteiger partial charge is 0.161 e. The average molecular weight is 498 g/mol. The van der Waals surface area contributed by atoms with Crippen LogP contribution in [-0.4, -0.2) is 66.9 Å². The predicted molar refractivity (Wildman–Crippen MR) is 139 cm³/mol. The highest BCUT2D eigenvalue weighted by molar-refractivity contribution is 6.30. The Morgan fingerprint density at radius 1 is 1.03 bits per heavy atom. The van der Waals surface area contributed by atoms with Gasteiger partial charge >= 0.3 is 0 Å². The fourth-order valence-electron chi connectivity index (χ4n) is 5.41. The number of aliphatic hydroxyl groups is 1. The Kier molecular flexibility index (Phi) is 7.83. The molecule has 0 spiro atoms. The van der Waals surface area contributed by atoms with Crippen molar-refractivity contribution in [1.82, 2.24) is 15.1 Å². The van der Waals surface area contributed by atoms with Crippen LogP contribution in [-0.2, 0) is 6.54 Å². The van der Waals surface area contributed by atoms with Gasteiger partial charge in [0.25, 0.3) is 0 Å². The lowest BCUT2D eigenvalue weighted by Crippen LogP contribution is -2.44. The third-order valence-electron chi connectivity index (χ3n) is 7.40. The monoisotopic (exact) mass is 497 g/mol. The van der Waals surface area contributed by atoms with Crippen molar-refractivity contribution in [3.63, 3.8) is 0 Å². The number of hydrogen-bond acceptors (Lipinski definition) is 6. The lowest BCUT2D eigenvalue weighted by atomic mass is 9.98. The van der Waals surface area contributed by atoms with Crippen LogP contribution in [0.4, 0.5) is 0 Å². The first-order valence-corrected chi connectivity index (χ1v) is 13.1. The number of hydrogen-bond donors (Lipinski definition) is 2. The molecule has 0 aromatic heterocycles. The van der Waals surface area contributed by atoms with Gasteiger partial charge in [0.1, 0.15) is 19.3 Å². The molecular formula is C28H36ClN3O3. The van der Waals surface area contributed by atoms with Gasteiger partial charge in [-0.15, -0.1) is 0 Å². The SMILES string of the molecule is C=C(N[C@H](CN1CCCC1)[C@H](O)c1ccc2c(c1)OCCO2)C1CCN(Cc2ccc(Cl)cc2)C1. The number of nitrogens with zero attached hydrogens (tertiary/aromatic N) is 2. The highest BCUT2D eigenvalue weighted by Crippen LogP contribution is 2.34. The lowest BCUT2D eigenvalue weighted by molar-refractivity contribution is 0.109. The van der Waals surface area contributed by atoms with E-state index in [4.69, 9.17) is 21.1 Å². The molecule has 0 bridgehead atoms. The van der Waals surface area contributed by atoms with Crippen LogP contribution in [0.2, 0.25) is 5.02 Å². The van der Waals surface area contributed by atoms with Gasteiger partial charge in [-0.25, -0.2) is 0 Å². The number of aliphatic hydroxyl groups excluding tert-OH is 1. The summed E-state index contributed by atoms with van der Waals surface area (Å²) in [6, 6.07) is 13.7. The van der Waals surface area contributed by atoms with E-state index < -0.39 is 6.10 Å². The Bertz CT molecular complexity index is 1010. The molecule has 188 valence electrons. The largest absolute Gasteiger partial charge is 0.486 e. The van der Waals surface area contributed by atoms with E-state index in [1.807, 2.05) is 30.3 Å². The average Bonchev–Trinajstić information content (AvgIpc) is 3.57. The molecule has 2 fully saturated rings. The summed E-state index contributed by atoms with van der Waals surface area (Å²) in [7, 11) is 0. The van der Waals surface area contributed by atoms with Gasteiger partial charge in [0, 0.05) is 36.3 Å². The molecular weight excluding hydrogens is 462 g/mol. The van der Waals surface area contributed by atoms with Gasteiger partial charge < -0.3 is 24.8 Å². The Labute approximate surface area is 213 Å². The molecule has 0 amide bonds. The zero-order valence-corrected chi connectivity index (χ0v) is 21.1. The molecule has 3 heterocycles. The highest BCUT2D eigenvalue weighted by atomic mass is 35.5. The molecule has 5 rings (SSSR count). The second-order valence-corrected chi connectivity index (χ2v) is 10.4. The Hall–Kier alpha value is -2.25. The Morgan fingerprint density at radius 3 is 2.54 bits per heavy atom. The molecule has 2 aromatic rings. The number of halogens is 1. The fourth-order valence-corrected chi connectivity index (χ4v) is 5.53. The molecule has 7 heteroatoms. The second kappa shape index (κ2) is 11.2. The molecule has 0 aliphatic carbocycles. The van der Waals surface area contributed by atoms with Gasteiger partial charge in [-0.05, 0) is 74.3 Å². The third kappa shape index (κ3) is 6.12. The Morgan fingerprint density at radius 2 is 1.77 bits per heavy atom. The number of rotatable bonds is 9. The van der Waals surface area contributed by atoms with Crippen molar-refractivity contribution in [1.29, 1.82) is 0 Å². The molecule has 35 heavy (non-hydrogen) atoms. The van der Waals surface area contributed by atoms with E-state index in [0.29, 0.717) is 24.9 Å². The predicted octanol–water partition coefficient (Wildman–Crippen LogP) is 4.23. The molecule has 6 nitrogen and oxygen atoms in total. The summed E-state index contributed by atoms with van der Waals surface area (Å²) in [6.07, 6.45) is 2.83. The van der Waals surface area contributed by atoms with Crippen molar-refractivity contribution >= 4 is 11.6 Å². The van der Waals surface area contributed by atoms with Crippen LogP contribution in [0, 0.1) is 5.92 Å². The van der Waals surface area contributed by atoms with Gasteiger partial charge in [0.05, 0.1) is 6.04 Å². The van der Waals surface area contributed by atoms with E-state index in [0.717, 1.165) is 67.7 Å². The molecule has 3 aliphatic rings. The van der Waals surface area contributed by atoms with Crippen LogP contribution >= 0.6 is 11.6 Å². The summed E-state index contributed by atoms with van der Waals surface area (Å²) in [5.41, 5.74) is 3.13. The van der Waals surface area contributed by atoms with Gasteiger partial charge in [-0.1, -0.05) is 36.4 Å². The van der Waals surface area contributed by atoms with Crippen LogP contribution in [0.15, 0.2) is 54.7 Å². The molecule has 3 atom stereocenters. The van der Waals surface area contributed by atoms with E-state index in [1.165, 1.54) is 18.4 Å². The van der Waals surface area contributed by atoms with Crippen molar-refractivity contribution in [3.8, 4) is 11.5 Å². The van der Waals surface area contributed by atoms with Crippen LogP contribution in [0.5, 0.6) is 11.5 Å². The van der Waals surface area contributed by atoms with Crippen molar-refractivity contribution < 1.29 is 14.6 Å². The van der Waals surface area contributed by atoms with Gasteiger partial charge in [-0.2, -0.15) is 0 Å². The normalized spacial score (nSPS) is 22.2. The fraction of sp³-hybridized carbons (Fsp3) is 0.500. The third-order valence-corrected chi connectivity index (χ3v) is 7.65. The molecule has 3 aliphatic heterocycles. The topological polar surface area (TPSA) is 57.2 Å². The quantitative estimate of drug-likeness (QED) is 0.540. The first-order chi connectivity index (χ1) is 17.0. The van der Waals surface area contributed by atoms with E-state index >= 15 is 0 Å². The van der Waals surface area contributed by atoms with Crippen molar-refractivity contribution in [2.75, 3.05) is 45.9 Å². The van der Waals surface area contributed by atoms with Gasteiger partial charge in [0.2, 0.25) is 0 Å². The first kappa shape index (κ1) is 24.4. The summed E-state index contributed by atoms with van der Waals surface area (Å²) in [5, 5.41) is 15.9. The maximum Gasteiger partial charge on any atom is 0.161 e. The van der Waals surface area contributed by atoms with Crippen LogP contribution in [0.25, 0.3) is 0 Å². The minimum atomic E-state index is -0.672. The molecule has 0 saturated carbocycles. The summed E-state index contributed by atoms with van der Waals surface area (Å²) in [6.45, 7) is 11.4. The van der Waals surface area contributed by atoms with Crippen LogP contribution in [0.1, 0.15) is 36.5 Å². The van der Waals surface area contributed by atoms with Crippen molar-refractivity contribution in [2.45, 2.75) is 38.0 Å². The minimum absolute atomic E-state index is 0.145. The van der Waals surface area contributed by atoms with E-state index in [-0.39, 0.29) is 6.04 Å².